The van der Waals surface area contributed by atoms with Crippen LogP contribution in [0.2, 0.25) is 10.0 Å². The van der Waals surface area contributed by atoms with Crippen LogP contribution in [0, 0.1) is 13.8 Å². The van der Waals surface area contributed by atoms with Crippen molar-refractivity contribution >= 4 is 40.3 Å². The summed E-state index contributed by atoms with van der Waals surface area (Å²) in [6.07, 6.45) is 0. The van der Waals surface area contributed by atoms with E-state index in [1.54, 1.807) is 6.07 Å². The normalized spacial score (nSPS) is 10.6. The molecular weight excluding hydrogens is 325 g/mol. The zero-order valence-corrected chi connectivity index (χ0v) is 14.6. The molecule has 1 nitrogen and oxygen atoms in total. The minimum Gasteiger partial charge on any atom is -0.309 e. The van der Waals surface area contributed by atoms with Crippen LogP contribution in [0.1, 0.15) is 11.1 Å². The fourth-order valence-electron chi connectivity index (χ4n) is 2.48. The molecule has 0 saturated heterocycles. The molecule has 0 radical (unpaired) electrons. The maximum Gasteiger partial charge on any atom is 0.0832 e. The molecule has 0 heterocycles. The largest absolute Gasteiger partial charge is 0.309 e. The fraction of sp³-hybridized carbons (Fsp3) is 0.100. The van der Waals surface area contributed by atoms with E-state index in [0.29, 0.717) is 10.0 Å². The van der Waals surface area contributed by atoms with E-state index in [0.717, 1.165) is 17.1 Å². The third kappa shape index (κ3) is 3.36. The van der Waals surface area contributed by atoms with Gasteiger partial charge in [0.2, 0.25) is 0 Å². The summed E-state index contributed by atoms with van der Waals surface area (Å²) in [4.78, 5) is 2.12. The summed E-state index contributed by atoms with van der Waals surface area (Å²) in [7, 11) is 0. The third-order valence-electron chi connectivity index (χ3n) is 3.76. The second kappa shape index (κ2) is 6.66. The lowest BCUT2D eigenvalue weighted by molar-refractivity contribution is 1.27. The van der Waals surface area contributed by atoms with Crippen molar-refractivity contribution in [2.75, 3.05) is 4.90 Å². The molecule has 3 aromatic carbocycles. The maximum absolute atomic E-state index is 6.48. The number of anilines is 3. The monoisotopic (exact) mass is 341 g/mol. The summed E-state index contributed by atoms with van der Waals surface area (Å²) in [6, 6.07) is 22.4. The first-order valence-electron chi connectivity index (χ1n) is 7.44. The third-order valence-corrected chi connectivity index (χ3v) is 4.57. The van der Waals surface area contributed by atoms with Gasteiger partial charge >= 0.3 is 0 Å². The zero-order valence-electron chi connectivity index (χ0n) is 13.1. The van der Waals surface area contributed by atoms with Crippen LogP contribution in [0.15, 0.2) is 66.7 Å². The summed E-state index contributed by atoms with van der Waals surface area (Å²) in [5.74, 6) is 0. The summed E-state index contributed by atoms with van der Waals surface area (Å²) >= 11 is 12.7. The highest BCUT2D eigenvalue weighted by atomic mass is 35.5. The van der Waals surface area contributed by atoms with Crippen LogP contribution in [0.25, 0.3) is 0 Å². The van der Waals surface area contributed by atoms with Gasteiger partial charge in [-0.2, -0.15) is 0 Å². The molecule has 0 saturated carbocycles. The SMILES string of the molecule is Cc1ccc(N(c2ccc(C)cc2)c2cccc(Cl)c2Cl)cc1. The standard InChI is InChI=1S/C20H17Cl2N/c1-14-6-10-16(11-7-14)23(17-12-8-15(2)9-13-17)19-5-3-4-18(21)20(19)22/h3-13H,1-2H3. The number of rotatable bonds is 3. The number of benzene rings is 3. The lowest BCUT2D eigenvalue weighted by Crippen LogP contribution is -2.10. The quantitative estimate of drug-likeness (QED) is 0.491. The van der Waals surface area contributed by atoms with Crippen molar-refractivity contribution in [3.8, 4) is 0 Å². The number of halogens is 2. The van der Waals surface area contributed by atoms with Gasteiger partial charge < -0.3 is 4.90 Å². The van der Waals surface area contributed by atoms with E-state index < -0.39 is 0 Å². The van der Waals surface area contributed by atoms with Gasteiger partial charge in [0.25, 0.3) is 0 Å². The van der Waals surface area contributed by atoms with E-state index >= 15 is 0 Å². The van der Waals surface area contributed by atoms with Gasteiger partial charge in [-0.05, 0) is 50.2 Å². The summed E-state index contributed by atoms with van der Waals surface area (Å²) in [6.45, 7) is 4.15. The highest BCUT2D eigenvalue weighted by Crippen LogP contribution is 2.41. The number of nitrogens with zero attached hydrogens (tertiary/aromatic N) is 1. The molecule has 0 unspecified atom stereocenters. The van der Waals surface area contributed by atoms with Gasteiger partial charge in [-0.1, -0.05) is 64.7 Å². The lowest BCUT2D eigenvalue weighted by Gasteiger charge is -2.26. The highest BCUT2D eigenvalue weighted by molar-refractivity contribution is 6.43. The molecule has 0 aliphatic carbocycles. The van der Waals surface area contributed by atoms with Crippen molar-refractivity contribution in [3.05, 3.63) is 87.9 Å². The molecule has 0 aromatic heterocycles. The molecule has 0 bridgehead atoms. The van der Waals surface area contributed by atoms with Crippen molar-refractivity contribution in [1.82, 2.24) is 0 Å². The molecule has 3 aromatic rings. The molecular formula is C20H17Cl2N. The summed E-state index contributed by atoms with van der Waals surface area (Å²) in [5, 5.41) is 1.10. The Balaban J connectivity index is 2.19. The van der Waals surface area contributed by atoms with Gasteiger partial charge in [0, 0.05) is 11.4 Å². The summed E-state index contributed by atoms with van der Waals surface area (Å²) < 4.78 is 0. The maximum atomic E-state index is 6.48. The van der Waals surface area contributed by atoms with Crippen LogP contribution >= 0.6 is 23.2 Å². The molecule has 0 aliphatic heterocycles. The number of hydrogen-bond donors (Lipinski definition) is 0. The molecule has 0 fully saturated rings. The Hall–Kier alpha value is -1.96. The van der Waals surface area contributed by atoms with Crippen molar-refractivity contribution in [1.29, 1.82) is 0 Å². The predicted octanol–water partition coefficient (Wildman–Crippen LogP) is 7.08. The van der Waals surface area contributed by atoms with Gasteiger partial charge in [0.15, 0.2) is 0 Å². The average Bonchev–Trinajstić information content (AvgIpc) is 2.55. The van der Waals surface area contributed by atoms with Crippen molar-refractivity contribution in [2.45, 2.75) is 13.8 Å². The molecule has 0 N–H and O–H groups in total. The predicted molar refractivity (Wildman–Crippen MR) is 101 cm³/mol. The Morgan fingerprint density at radius 3 is 1.61 bits per heavy atom. The van der Waals surface area contributed by atoms with Gasteiger partial charge in [-0.15, -0.1) is 0 Å². The smallest absolute Gasteiger partial charge is 0.0832 e. The Kier molecular flexibility index (Phi) is 4.61. The minimum atomic E-state index is 0.549. The number of aryl methyl sites for hydroxylation is 2. The molecule has 23 heavy (non-hydrogen) atoms. The van der Waals surface area contributed by atoms with E-state index in [1.165, 1.54) is 11.1 Å². The lowest BCUT2D eigenvalue weighted by atomic mass is 10.1. The van der Waals surface area contributed by atoms with Crippen molar-refractivity contribution in [3.63, 3.8) is 0 Å². The molecule has 0 amide bonds. The minimum absolute atomic E-state index is 0.549. The first-order chi connectivity index (χ1) is 11.1. The van der Waals surface area contributed by atoms with Gasteiger partial charge in [0.05, 0.1) is 15.7 Å². The first-order valence-corrected chi connectivity index (χ1v) is 8.19. The van der Waals surface area contributed by atoms with Crippen LogP contribution in [-0.2, 0) is 0 Å². The van der Waals surface area contributed by atoms with E-state index in [-0.39, 0.29) is 0 Å². The summed E-state index contributed by atoms with van der Waals surface area (Å²) in [5.41, 5.74) is 5.39. The van der Waals surface area contributed by atoms with Crippen molar-refractivity contribution < 1.29 is 0 Å². The fourth-order valence-corrected chi connectivity index (χ4v) is 2.86. The topological polar surface area (TPSA) is 3.24 Å². The number of hydrogen-bond acceptors (Lipinski definition) is 1. The Bertz CT molecular complexity index is 763. The Morgan fingerprint density at radius 2 is 1.13 bits per heavy atom. The van der Waals surface area contributed by atoms with Crippen LogP contribution in [0.3, 0.4) is 0 Å². The molecule has 0 spiro atoms. The molecule has 3 heteroatoms. The van der Waals surface area contributed by atoms with Crippen molar-refractivity contribution in [2.24, 2.45) is 0 Å². The molecule has 3 rings (SSSR count). The van der Waals surface area contributed by atoms with Crippen LogP contribution in [0.5, 0.6) is 0 Å². The Labute approximate surface area is 147 Å². The van der Waals surface area contributed by atoms with Crippen LogP contribution in [0.4, 0.5) is 17.1 Å². The van der Waals surface area contributed by atoms with Gasteiger partial charge in [0.1, 0.15) is 0 Å². The van der Waals surface area contributed by atoms with E-state index in [1.807, 2.05) is 12.1 Å². The van der Waals surface area contributed by atoms with Gasteiger partial charge in [-0.25, -0.2) is 0 Å². The second-order valence-electron chi connectivity index (χ2n) is 5.58. The van der Waals surface area contributed by atoms with E-state index in [9.17, 15) is 0 Å². The first kappa shape index (κ1) is 15.9. The zero-order chi connectivity index (χ0) is 16.4. The highest BCUT2D eigenvalue weighted by Gasteiger charge is 2.16. The second-order valence-corrected chi connectivity index (χ2v) is 6.36. The van der Waals surface area contributed by atoms with E-state index in [4.69, 9.17) is 23.2 Å². The van der Waals surface area contributed by atoms with Crippen LogP contribution < -0.4 is 4.90 Å². The van der Waals surface area contributed by atoms with E-state index in [2.05, 4.69) is 67.3 Å². The van der Waals surface area contributed by atoms with Crippen LogP contribution in [-0.4, -0.2) is 0 Å². The average molecular weight is 342 g/mol. The Morgan fingerprint density at radius 1 is 0.652 bits per heavy atom. The molecule has 0 aliphatic rings. The van der Waals surface area contributed by atoms with Gasteiger partial charge in [-0.3, -0.25) is 0 Å². The molecule has 0 atom stereocenters. The molecule has 116 valence electrons.